The van der Waals surface area contributed by atoms with Gasteiger partial charge in [-0.15, -0.1) is 0 Å². The summed E-state index contributed by atoms with van der Waals surface area (Å²) in [6, 6.07) is 23.0. The van der Waals surface area contributed by atoms with E-state index in [-0.39, 0.29) is 17.9 Å². The van der Waals surface area contributed by atoms with Gasteiger partial charge in [0.1, 0.15) is 6.04 Å². The molecule has 3 heterocycles. The summed E-state index contributed by atoms with van der Waals surface area (Å²) >= 11 is 0. The van der Waals surface area contributed by atoms with E-state index in [1.807, 2.05) is 73.7 Å². The van der Waals surface area contributed by atoms with Gasteiger partial charge in [-0.2, -0.15) is 5.10 Å². The maximum atomic E-state index is 13.6. The molecular formula is C30H25N5O2. The zero-order valence-electron chi connectivity index (χ0n) is 20.6. The maximum absolute atomic E-state index is 13.6. The average Bonchev–Trinajstić information content (AvgIpc) is 3.37. The normalized spacial score (nSPS) is 15.4. The molecule has 0 aliphatic carbocycles. The number of aromatic amines is 1. The van der Waals surface area contributed by atoms with E-state index in [1.165, 1.54) is 5.01 Å². The molecule has 5 aromatic rings. The van der Waals surface area contributed by atoms with Crippen molar-refractivity contribution in [2.75, 3.05) is 0 Å². The molecule has 0 saturated heterocycles. The highest BCUT2D eigenvalue weighted by atomic mass is 16.2. The molecule has 1 atom stereocenters. The number of benzene rings is 3. The predicted octanol–water partition coefficient (Wildman–Crippen LogP) is 5.53. The maximum Gasteiger partial charge on any atom is 0.258 e. The first-order valence-corrected chi connectivity index (χ1v) is 12.4. The summed E-state index contributed by atoms with van der Waals surface area (Å²) in [5.41, 5.74) is 6.57. The summed E-state index contributed by atoms with van der Waals surface area (Å²) in [5, 5.41) is 7.17. The number of nitrogens with zero attached hydrogens (tertiary/aromatic N) is 4. The summed E-state index contributed by atoms with van der Waals surface area (Å²) in [7, 11) is 0. The van der Waals surface area contributed by atoms with Gasteiger partial charge in [-0.1, -0.05) is 61.0 Å². The van der Waals surface area contributed by atoms with Crippen LogP contribution in [0.25, 0.3) is 33.1 Å². The van der Waals surface area contributed by atoms with E-state index in [0.717, 1.165) is 38.6 Å². The first kappa shape index (κ1) is 22.8. The van der Waals surface area contributed by atoms with E-state index in [1.54, 1.807) is 13.1 Å². The third-order valence-electron chi connectivity index (χ3n) is 6.80. The molecule has 182 valence electrons. The number of rotatable bonds is 4. The average molecular weight is 488 g/mol. The Morgan fingerprint density at radius 2 is 1.76 bits per heavy atom. The van der Waals surface area contributed by atoms with Gasteiger partial charge in [0.2, 0.25) is 5.91 Å². The minimum atomic E-state index is -0.448. The number of carbonyl (C=O) groups is 1. The number of hydrogen-bond acceptors (Lipinski definition) is 5. The number of carbonyl (C=O) groups excluding carboxylic acids is 1. The number of hydrazone groups is 1. The molecule has 1 aliphatic heterocycles. The van der Waals surface area contributed by atoms with Crippen molar-refractivity contribution < 1.29 is 4.79 Å². The zero-order chi connectivity index (χ0) is 25.5. The highest BCUT2D eigenvalue weighted by Gasteiger charge is 2.36. The first-order chi connectivity index (χ1) is 18.0. The van der Waals surface area contributed by atoms with Gasteiger partial charge in [0.15, 0.2) is 0 Å². The minimum Gasteiger partial charge on any atom is -0.321 e. The molecule has 0 spiro atoms. The monoisotopic (exact) mass is 487 g/mol. The number of hydrogen-bond donors (Lipinski definition) is 1. The van der Waals surface area contributed by atoms with Crippen LogP contribution in [0.1, 0.15) is 42.6 Å². The van der Waals surface area contributed by atoms with Crippen LogP contribution in [0, 0.1) is 6.92 Å². The number of fused-ring (bicyclic) bond motifs is 2. The Hall–Kier alpha value is -4.65. The van der Waals surface area contributed by atoms with Crippen molar-refractivity contribution in [3.8, 4) is 11.1 Å². The smallest absolute Gasteiger partial charge is 0.258 e. The second-order valence-electron chi connectivity index (χ2n) is 9.26. The fourth-order valence-corrected chi connectivity index (χ4v) is 5.00. The quantitative estimate of drug-likeness (QED) is 0.361. The van der Waals surface area contributed by atoms with Crippen molar-refractivity contribution in [2.45, 2.75) is 32.7 Å². The Bertz CT molecular complexity index is 1760. The van der Waals surface area contributed by atoms with E-state index in [9.17, 15) is 9.59 Å². The molecule has 0 unspecified atom stereocenters. The lowest BCUT2D eigenvalue weighted by molar-refractivity contribution is -0.132. The van der Waals surface area contributed by atoms with Crippen molar-refractivity contribution in [1.82, 2.24) is 20.0 Å². The van der Waals surface area contributed by atoms with E-state index in [0.29, 0.717) is 23.4 Å². The molecule has 1 aliphatic rings. The van der Waals surface area contributed by atoms with Gasteiger partial charge < -0.3 is 4.98 Å². The second-order valence-corrected chi connectivity index (χ2v) is 9.26. The van der Waals surface area contributed by atoms with Crippen LogP contribution in [0.15, 0.2) is 88.9 Å². The Kier molecular flexibility index (Phi) is 5.60. The van der Waals surface area contributed by atoms with E-state index >= 15 is 0 Å². The summed E-state index contributed by atoms with van der Waals surface area (Å²) in [5.74, 6) is -0.135. The number of nitrogens with one attached hydrogen (secondary N) is 1. The van der Waals surface area contributed by atoms with Gasteiger partial charge in [-0.05, 0) is 36.8 Å². The lowest BCUT2D eigenvalue weighted by Crippen LogP contribution is -2.26. The van der Waals surface area contributed by atoms with Crippen LogP contribution in [-0.4, -0.2) is 31.6 Å². The predicted molar refractivity (Wildman–Crippen MR) is 145 cm³/mol. The van der Waals surface area contributed by atoms with Crippen LogP contribution in [0.3, 0.4) is 0 Å². The molecule has 1 amide bonds. The lowest BCUT2D eigenvalue weighted by Gasteiger charge is -2.20. The van der Waals surface area contributed by atoms with Crippen LogP contribution in [0.5, 0.6) is 0 Å². The van der Waals surface area contributed by atoms with Crippen LogP contribution in [0.4, 0.5) is 0 Å². The third kappa shape index (κ3) is 3.98. The van der Waals surface area contributed by atoms with Gasteiger partial charge in [0.25, 0.3) is 5.56 Å². The van der Waals surface area contributed by atoms with E-state index in [4.69, 9.17) is 10.1 Å². The summed E-state index contributed by atoms with van der Waals surface area (Å²) in [6.45, 7) is 3.84. The number of aromatic nitrogens is 3. The van der Waals surface area contributed by atoms with Crippen molar-refractivity contribution in [3.05, 3.63) is 106 Å². The summed E-state index contributed by atoms with van der Waals surface area (Å²) in [6.07, 6.45) is 2.35. The van der Waals surface area contributed by atoms with Crippen molar-refractivity contribution in [3.63, 3.8) is 0 Å². The first-order valence-electron chi connectivity index (χ1n) is 12.4. The molecule has 3 aromatic carbocycles. The fraction of sp³-hybridized carbons (Fsp3) is 0.167. The largest absolute Gasteiger partial charge is 0.321 e. The van der Waals surface area contributed by atoms with E-state index < -0.39 is 6.04 Å². The highest BCUT2D eigenvalue weighted by Crippen LogP contribution is 2.37. The summed E-state index contributed by atoms with van der Waals surface area (Å²) < 4.78 is 0. The van der Waals surface area contributed by atoms with Crippen LogP contribution in [-0.2, 0) is 4.79 Å². The molecule has 7 nitrogen and oxygen atoms in total. The molecule has 6 rings (SSSR count). The van der Waals surface area contributed by atoms with Gasteiger partial charge in [0.05, 0.1) is 34.2 Å². The molecule has 0 saturated carbocycles. The molecule has 0 radical (unpaired) electrons. The Labute approximate surface area is 213 Å². The third-order valence-corrected chi connectivity index (χ3v) is 6.80. The molecule has 0 bridgehead atoms. The van der Waals surface area contributed by atoms with Crippen LogP contribution < -0.4 is 5.56 Å². The molecule has 7 heteroatoms. The van der Waals surface area contributed by atoms with Crippen molar-refractivity contribution >= 4 is 33.6 Å². The number of H-pyrrole nitrogens is 1. The van der Waals surface area contributed by atoms with Gasteiger partial charge in [0, 0.05) is 29.3 Å². The Balaban J connectivity index is 1.55. The van der Waals surface area contributed by atoms with Crippen LogP contribution >= 0.6 is 0 Å². The lowest BCUT2D eigenvalue weighted by atomic mass is 9.91. The Morgan fingerprint density at radius 3 is 2.54 bits per heavy atom. The van der Waals surface area contributed by atoms with Crippen LogP contribution in [0.2, 0.25) is 0 Å². The topological polar surface area (TPSA) is 91.3 Å². The molecular weight excluding hydrogens is 462 g/mol. The number of amides is 1. The second kappa shape index (κ2) is 9.09. The highest BCUT2D eigenvalue weighted by molar-refractivity contribution is 6.13. The van der Waals surface area contributed by atoms with Gasteiger partial charge >= 0.3 is 0 Å². The van der Waals surface area contributed by atoms with Crippen molar-refractivity contribution in [2.24, 2.45) is 5.10 Å². The summed E-state index contributed by atoms with van der Waals surface area (Å²) in [4.78, 5) is 39.0. The standard InChI is InChI=1S/C30H25N5O2/c1-3-27(36)35-26(25-17-31-22-11-7-8-12-23(22)32-25)16-24(34-35)29-28(19-9-5-4-6-10-19)20-15-18(2)13-14-21(20)33-30(29)37/h4-15,17,26H,3,16H2,1-2H3,(H,33,37)/t26-/m0/s1. The SMILES string of the molecule is CCC(=O)N1N=C(c2c(-c3ccccc3)c3cc(C)ccc3[nH]c2=O)C[C@H]1c1cnc2ccccc2n1. The van der Waals surface area contributed by atoms with Crippen molar-refractivity contribution in [1.29, 1.82) is 0 Å². The number of para-hydroxylation sites is 2. The molecule has 2 aromatic heterocycles. The van der Waals surface area contributed by atoms with Gasteiger partial charge in [-0.3, -0.25) is 14.6 Å². The fourth-order valence-electron chi connectivity index (χ4n) is 5.00. The molecule has 37 heavy (non-hydrogen) atoms. The molecule has 0 fully saturated rings. The van der Waals surface area contributed by atoms with E-state index in [2.05, 4.69) is 16.0 Å². The molecule has 1 N–H and O–H groups in total. The number of aryl methyl sites for hydroxylation is 1. The van der Waals surface area contributed by atoms with Gasteiger partial charge in [-0.25, -0.2) is 9.99 Å². The zero-order valence-corrected chi connectivity index (χ0v) is 20.6. The minimum absolute atomic E-state index is 0.135. The Morgan fingerprint density at radius 1 is 1.00 bits per heavy atom. The number of pyridine rings is 1.